The summed E-state index contributed by atoms with van der Waals surface area (Å²) in [5, 5.41) is 9.99. The maximum Gasteiger partial charge on any atom is 0.355 e. The zero-order chi connectivity index (χ0) is 17.0. The molecule has 0 aromatic carbocycles. The fourth-order valence-electron chi connectivity index (χ4n) is 1.98. The Hall–Kier alpha value is -2.25. The zero-order valence-corrected chi connectivity index (χ0v) is 13.3. The Kier molecular flexibility index (Phi) is 5.46. The van der Waals surface area contributed by atoms with Crippen LogP contribution < -0.4 is 0 Å². The van der Waals surface area contributed by atoms with Gasteiger partial charge in [-0.3, -0.25) is 0 Å². The summed E-state index contributed by atoms with van der Waals surface area (Å²) in [6.07, 6.45) is 3.03. The number of allylic oxidation sites excluding steroid dienone is 3. The number of aromatic carboxylic acids is 1. The SMILES string of the molecule is COCC(Cl)=CC=C(c1nc(C(=O)O)c2cc[nH]c2n1)C(C)F. The van der Waals surface area contributed by atoms with Crippen molar-refractivity contribution in [3.63, 3.8) is 0 Å². The summed E-state index contributed by atoms with van der Waals surface area (Å²) in [7, 11) is 1.49. The number of aromatic nitrogens is 3. The number of ether oxygens (including phenoxy) is 1. The standard InChI is InChI=1S/C15H15ClFN3O3/c1-8(17)10(4-3-9(16)7-23-2)14-19-12(15(21)22)11-5-6-18-13(11)20-14/h3-6,8H,7H2,1-2H3,(H,21,22)(H,18,19,20). The zero-order valence-electron chi connectivity index (χ0n) is 12.5. The average molecular weight is 340 g/mol. The van der Waals surface area contributed by atoms with Gasteiger partial charge in [-0.1, -0.05) is 17.7 Å². The van der Waals surface area contributed by atoms with Gasteiger partial charge in [0.15, 0.2) is 11.5 Å². The first-order valence-corrected chi connectivity index (χ1v) is 7.10. The van der Waals surface area contributed by atoms with E-state index in [1.54, 1.807) is 12.3 Å². The van der Waals surface area contributed by atoms with E-state index in [2.05, 4.69) is 15.0 Å². The third-order valence-corrected chi connectivity index (χ3v) is 3.27. The van der Waals surface area contributed by atoms with Crippen LogP contribution >= 0.6 is 11.6 Å². The molecule has 6 nitrogen and oxygen atoms in total. The highest BCUT2D eigenvalue weighted by atomic mass is 35.5. The van der Waals surface area contributed by atoms with Gasteiger partial charge in [0.25, 0.3) is 0 Å². The maximum atomic E-state index is 13.9. The highest BCUT2D eigenvalue weighted by molar-refractivity contribution is 6.29. The van der Waals surface area contributed by atoms with E-state index < -0.39 is 12.1 Å². The first-order chi connectivity index (χ1) is 10.9. The van der Waals surface area contributed by atoms with Gasteiger partial charge in [0, 0.05) is 23.9 Å². The van der Waals surface area contributed by atoms with Crippen LogP contribution in [0.2, 0.25) is 0 Å². The topological polar surface area (TPSA) is 88.1 Å². The van der Waals surface area contributed by atoms with Crippen molar-refractivity contribution in [2.24, 2.45) is 0 Å². The molecular weight excluding hydrogens is 325 g/mol. The molecule has 0 saturated carbocycles. The first-order valence-electron chi connectivity index (χ1n) is 6.72. The summed E-state index contributed by atoms with van der Waals surface area (Å²) < 4.78 is 18.8. The van der Waals surface area contributed by atoms with Crippen molar-refractivity contribution < 1.29 is 19.0 Å². The number of rotatable bonds is 6. The largest absolute Gasteiger partial charge is 0.476 e. The van der Waals surface area contributed by atoms with Gasteiger partial charge in [0.1, 0.15) is 11.8 Å². The van der Waals surface area contributed by atoms with Gasteiger partial charge < -0.3 is 14.8 Å². The molecular formula is C15H15ClFN3O3. The Morgan fingerprint density at radius 3 is 2.87 bits per heavy atom. The van der Waals surface area contributed by atoms with E-state index in [1.165, 1.54) is 26.2 Å². The normalized spacial score (nSPS) is 14.3. The molecule has 2 heterocycles. The van der Waals surface area contributed by atoms with E-state index in [0.717, 1.165) is 0 Å². The van der Waals surface area contributed by atoms with E-state index in [4.69, 9.17) is 16.3 Å². The third kappa shape index (κ3) is 3.94. The molecule has 1 atom stereocenters. The highest BCUT2D eigenvalue weighted by Crippen LogP contribution is 2.22. The van der Waals surface area contributed by atoms with Crippen molar-refractivity contribution in [1.82, 2.24) is 15.0 Å². The van der Waals surface area contributed by atoms with Crippen LogP contribution in [0.3, 0.4) is 0 Å². The molecule has 1 unspecified atom stereocenters. The number of halogens is 2. The molecule has 2 N–H and O–H groups in total. The molecule has 122 valence electrons. The van der Waals surface area contributed by atoms with Gasteiger partial charge in [-0.2, -0.15) is 0 Å². The number of aromatic amines is 1. The van der Waals surface area contributed by atoms with E-state index in [0.29, 0.717) is 16.1 Å². The second kappa shape index (κ2) is 7.34. The molecule has 8 heteroatoms. The van der Waals surface area contributed by atoms with Crippen LogP contribution in [0.5, 0.6) is 0 Å². The van der Waals surface area contributed by atoms with Crippen LogP contribution in [-0.4, -0.2) is 45.9 Å². The van der Waals surface area contributed by atoms with Crippen molar-refractivity contribution in [2.75, 3.05) is 13.7 Å². The molecule has 0 radical (unpaired) electrons. The van der Waals surface area contributed by atoms with Crippen LogP contribution in [-0.2, 0) is 4.74 Å². The molecule has 2 rings (SSSR count). The Morgan fingerprint density at radius 2 is 2.26 bits per heavy atom. The van der Waals surface area contributed by atoms with E-state index in [-0.39, 0.29) is 23.7 Å². The molecule has 0 aliphatic heterocycles. The van der Waals surface area contributed by atoms with E-state index in [1.807, 2.05) is 0 Å². The maximum absolute atomic E-state index is 13.9. The number of fused-ring (bicyclic) bond motifs is 1. The van der Waals surface area contributed by atoms with Crippen molar-refractivity contribution in [1.29, 1.82) is 0 Å². The van der Waals surface area contributed by atoms with Crippen molar-refractivity contribution in [2.45, 2.75) is 13.1 Å². The monoisotopic (exact) mass is 339 g/mol. The number of nitrogens with zero attached hydrogens (tertiary/aromatic N) is 2. The van der Waals surface area contributed by atoms with Crippen LogP contribution in [0.1, 0.15) is 23.2 Å². The van der Waals surface area contributed by atoms with Gasteiger partial charge in [0.2, 0.25) is 0 Å². The van der Waals surface area contributed by atoms with Gasteiger partial charge in [-0.05, 0) is 19.1 Å². The van der Waals surface area contributed by atoms with Crippen molar-refractivity contribution in [3.8, 4) is 0 Å². The number of nitrogens with one attached hydrogen (secondary N) is 1. The minimum atomic E-state index is -1.41. The Labute approximate surface area is 136 Å². The number of methoxy groups -OCH3 is 1. The predicted molar refractivity (Wildman–Crippen MR) is 85.2 cm³/mol. The second-order valence-electron chi connectivity index (χ2n) is 4.73. The van der Waals surface area contributed by atoms with E-state index in [9.17, 15) is 14.3 Å². The smallest absolute Gasteiger partial charge is 0.355 e. The molecule has 0 spiro atoms. The summed E-state index contributed by atoms with van der Waals surface area (Å²) >= 11 is 5.90. The molecule has 0 aliphatic carbocycles. The molecule has 0 aliphatic rings. The molecule has 0 bridgehead atoms. The number of carbonyl (C=O) groups is 1. The Morgan fingerprint density at radius 1 is 1.52 bits per heavy atom. The van der Waals surface area contributed by atoms with Crippen LogP contribution in [0.15, 0.2) is 29.4 Å². The summed E-state index contributed by atoms with van der Waals surface area (Å²) in [6.45, 7) is 1.50. The molecule has 0 saturated heterocycles. The van der Waals surface area contributed by atoms with E-state index >= 15 is 0 Å². The average Bonchev–Trinajstić information content (AvgIpc) is 2.94. The summed E-state index contributed by atoms with van der Waals surface area (Å²) in [5.74, 6) is -1.22. The van der Waals surface area contributed by atoms with Crippen LogP contribution in [0.4, 0.5) is 4.39 Å². The number of alkyl halides is 1. The Bertz CT molecular complexity index is 783. The molecule has 23 heavy (non-hydrogen) atoms. The minimum absolute atomic E-state index is 0.00881. The molecule has 2 aromatic heterocycles. The fourth-order valence-corrected chi connectivity index (χ4v) is 2.16. The fraction of sp³-hybridized carbons (Fsp3) is 0.267. The van der Waals surface area contributed by atoms with Gasteiger partial charge in [-0.15, -0.1) is 0 Å². The van der Waals surface area contributed by atoms with Crippen molar-refractivity contribution >= 4 is 34.2 Å². The summed E-state index contributed by atoms with van der Waals surface area (Å²) in [6, 6.07) is 1.56. The van der Waals surface area contributed by atoms with Crippen molar-refractivity contribution in [3.05, 3.63) is 41.0 Å². The number of H-pyrrole nitrogens is 1. The quantitative estimate of drug-likeness (QED) is 0.789. The van der Waals surface area contributed by atoms with Crippen LogP contribution in [0.25, 0.3) is 16.6 Å². The number of carboxylic acids is 1. The molecule has 0 fully saturated rings. The van der Waals surface area contributed by atoms with Crippen LogP contribution in [0, 0.1) is 0 Å². The molecule has 0 amide bonds. The summed E-state index contributed by atoms with van der Waals surface area (Å²) in [5.41, 5.74) is 0.258. The number of hydrogen-bond donors (Lipinski definition) is 2. The predicted octanol–water partition coefficient (Wildman–Crippen LogP) is 3.17. The molecule has 2 aromatic rings. The third-order valence-electron chi connectivity index (χ3n) is 3.03. The van der Waals surface area contributed by atoms with Gasteiger partial charge >= 0.3 is 5.97 Å². The minimum Gasteiger partial charge on any atom is -0.476 e. The first kappa shape index (κ1) is 17.1. The second-order valence-corrected chi connectivity index (χ2v) is 5.21. The van der Waals surface area contributed by atoms with Gasteiger partial charge in [0.05, 0.1) is 12.0 Å². The lowest BCUT2D eigenvalue weighted by Gasteiger charge is -2.08. The highest BCUT2D eigenvalue weighted by Gasteiger charge is 2.19. The summed E-state index contributed by atoms with van der Waals surface area (Å²) in [4.78, 5) is 22.3. The lowest BCUT2D eigenvalue weighted by Crippen LogP contribution is -2.09. The van der Waals surface area contributed by atoms with Gasteiger partial charge in [-0.25, -0.2) is 19.2 Å². The lowest BCUT2D eigenvalue weighted by molar-refractivity contribution is 0.0692. The number of carboxylic acid groups (broad SMARTS) is 1. The lowest BCUT2D eigenvalue weighted by atomic mass is 10.1. The Balaban J connectivity index is 2.56. The number of hydrogen-bond acceptors (Lipinski definition) is 4.